The second-order valence-corrected chi connectivity index (χ2v) is 3.72. The molecule has 0 fully saturated rings. The first-order valence-electron chi connectivity index (χ1n) is 5.35. The first-order valence-corrected chi connectivity index (χ1v) is 5.35. The van der Waals surface area contributed by atoms with Gasteiger partial charge in [-0.25, -0.2) is 4.98 Å². The van der Waals surface area contributed by atoms with Gasteiger partial charge >= 0.3 is 0 Å². The van der Waals surface area contributed by atoms with E-state index in [-0.39, 0.29) is 5.91 Å². The number of nitrogens with two attached hydrogens (primary N) is 1. The predicted molar refractivity (Wildman–Crippen MR) is 69.0 cm³/mol. The highest BCUT2D eigenvalue weighted by molar-refractivity contribution is 6.03. The number of nitrogens with one attached hydrogen (secondary N) is 2. The van der Waals surface area contributed by atoms with Gasteiger partial charge in [0.05, 0.1) is 23.8 Å². The number of nitrogen functional groups attached to an aromatic ring is 1. The van der Waals surface area contributed by atoms with Crippen LogP contribution in [-0.2, 0) is 0 Å². The molecule has 4 N–H and O–H groups in total. The zero-order valence-electron chi connectivity index (χ0n) is 9.84. The molecule has 0 aromatic carbocycles. The van der Waals surface area contributed by atoms with Crippen LogP contribution in [0.1, 0.15) is 16.1 Å². The summed E-state index contributed by atoms with van der Waals surface area (Å²) in [5.41, 5.74) is 5.02. The Morgan fingerprint density at radius 3 is 2.72 bits per heavy atom. The van der Waals surface area contributed by atoms with Crippen LogP contribution in [0, 0.1) is 6.92 Å². The van der Waals surface area contributed by atoms with Gasteiger partial charge in [-0.2, -0.15) is 0 Å². The van der Waals surface area contributed by atoms with Crippen molar-refractivity contribution in [3.63, 3.8) is 0 Å². The predicted octanol–water partition coefficient (Wildman–Crippen LogP) is 1.32. The fraction of sp³-hybridized carbons (Fsp3) is 0.0833. The third-order valence-corrected chi connectivity index (χ3v) is 2.45. The third kappa shape index (κ3) is 2.61. The second-order valence-electron chi connectivity index (χ2n) is 3.72. The Morgan fingerprint density at radius 2 is 2.11 bits per heavy atom. The van der Waals surface area contributed by atoms with Gasteiger partial charge in [-0.15, -0.1) is 0 Å². The molecule has 0 aliphatic rings. The summed E-state index contributed by atoms with van der Waals surface area (Å²) in [6.07, 6.45) is 4.76. The minimum Gasteiger partial charge on any atom is -0.323 e. The summed E-state index contributed by atoms with van der Waals surface area (Å²) in [4.78, 5) is 19.9. The van der Waals surface area contributed by atoms with Crippen LogP contribution in [0.15, 0.2) is 36.8 Å². The summed E-state index contributed by atoms with van der Waals surface area (Å²) < 4.78 is 0. The van der Waals surface area contributed by atoms with Crippen LogP contribution in [0.3, 0.4) is 0 Å². The molecule has 18 heavy (non-hydrogen) atoms. The summed E-state index contributed by atoms with van der Waals surface area (Å²) in [6.45, 7) is 1.90. The van der Waals surface area contributed by atoms with E-state index < -0.39 is 0 Å². The van der Waals surface area contributed by atoms with Crippen molar-refractivity contribution in [2.45, 2.75) is 6.92 Å². The Bertz CT molecular complexity index is 553. The van der Waals surface area contributed by atoms with Crippen molar-refractivity contribution in [1.29, 1.82) is 0 Å². The number of amides is 1. The smallest absolute Gasteiger partial charge is 0.274 e. The van der Waals surface area contributed by atoms with Gasteiger partial charge in [0.1, 0.15) is 5.69 Å². The van der Waals surface area contributed by atoms with Gasteiger partial charge in [0, 0.05) is 6.20 Å². The normalized spacial score (nSPS) is 9.89. The van der Waals surface area contributed by atoms with Gasteiger partial charge in [-0.3, -0.25) is 15.6 Å². The van der Waals surface area contributed by atoms with E-state index in [2.05, 4.69) is 20.7 Å². The molecule has 0 spiro atoms. The van der Waals surface area contributed by atoms with Gasteiger partial charge in [-0.1, -0.05) is 0 Å². The molecular formula is C12H13N5O. The SMILES string of the molecule is Cc1ccncc1NC(=O)c1ccc(NN)cn1. The molecule has 0 saturated heterocycles. The first-order chi connectivity index (χ1) is 8.70. The minimum atomic E-state index is -0.283. The van der Waals surface area contributed by atoms with Crippen molar-refractivity contribution in [1.82, 2.24) is 9.97 Å². The number of carbonyl (C=O) groups excluding carboxylic acids is 1. The molecule has 2 rings (SSSR count). The summed E-state index contributed by atoms with van der Waals surface area (Å²) in [5.74, 6) is 4.94. The first kappa shape index (κ1) is 12.0. The van der Waals surface area contributed by atoms with E-state index >= 15 is 0 Å². The Labute approximate surface area is 104 Å². The highest BCUT2D eigenvalue weighted by Gasteiger charge is 2.08. The highest BCUT2D eigenvalue weighted by Crippen LogP contribution is 2.13. The van der Waals surface area contributed by atoms with E-state index in [9.17, 15) is 4.79 Å². The summed E-state index contributed by atoms with van der Waals surface area (Å²) in [5, 5.41) is 2.75. The summed E-state index contributed by atoms with van der Waals surface area (Å²) >= 11 is 0. The maximum atomic E-state index is 11.9. The molecule has 0 aliphatic heterocycles. The molecule has 0 atom stereocenters. The standard InChI is InChI=1S/C12H13N5O/c1-8-4-5-14-7-11(8)16-12(18)10-3-2-9(17-13)6-15-10/h2-7,17H,13H2,1H3,(H,16,18). The average Bonchev–Trinajstić information content (AvgIpc) is 2.41. The number of hydrogen-bond donors (Lipinski definition) is 3. The van der Waals surface area contributed by atoms with Crippen LogP contribution in [0.2, 0.25) is 0 Å². The van der Waals surface area contributed by atoms with Crippen LogP contribution < -0.4 is 16.6 Å². The fourth-order valence-electron chi connectivity index (χ4n) is 1.39. The number of nitrogens with zero attached hydrogens (tertiary/aromatic N) is 2. The van der Waals surface area contributed by atoms with E-state index in [0.29, 0.717) is 17.1 Å². The summed E-state index contributed by atoms with van der Waals surface area (Å²) in [7, 11) is 0. The molecule has 92 valence electrons. The molecule has 1 amide bonds. The van der Waals surface area contributed by atoms with Crippen molar-refractivity contribution in [2.75, 3.05) is 10.7 Å². The third-order valence-electron chi connectivity index (χ3n) is 2.45. The van der Waals surface area contributed by atoms with E-state index in [4.69, 9.17) is 5.84 Å². The van der Waals surface area contributed by atoms with E-state index in [1.807, 2.05) is 13.0 Å². The monoisotopic (exact) mass is 243 g/mol. The molecule has 0 radical (unpaired) electrons. The summed E-state index contributed by atoms with van der Waals surface area (Å²) in [6, 6.07) is 5.10. The van der Waals surface area contributed by atoms with Gasteiger partial charge in [0.2, 0.25) is 0 Å². The number of aryl methyl sites for hydroxylation is 1. The Morgan fingerprint density at radius 1 is 1.28 bits per heavy atom. The van der Waals surface area contributed by atoms with E-state index in [0.717, 1.165) is 5.56 Å². The van der Waals surface area contributed by atoms with Gasteiger partial charge < -0.3 is 10.7 Å². The number of anilines is 2. The lowest BCUT2D eigenvalue weighted by Gasteiger charge is -2.07. The molecular weight excluding hydrogens is 230 g/mol. The van der Waals surface area contributed by atoms with Crippen molar-refractivity contribution in [2.24, 2.45) is 5.84 Å². The van der Waals surface area contributed by atoms with Crippen molar-refractivity contribution >= 4 is 17.3 Å². The fourth-order valence-corrected chi connectivity index (χ4v) is 1.39. The number of aromatic nitrogens is 2. The van der Waals surface area contributed by atoms with E-state index in [1.165, 1.54) is 6.20 Å². The lowest BCUT2D eigenvalue weighted by Crippen LogP contribution is -2.15. The molecule has 2 aromatic rings. The lowest BCUT2D eigenvalue weighted by molar-refractivity contribution is 0.102. The van der Waals surface area contributed by atoms with Crippen LogP contribution in [0.5, 0.6) is 0 Å². The molecule has 0 bridgehead atoms. The molecule has 2 aromatic heterocycles. The second kappa shape index (κ2) is 5.24. The Hall–Kier alpha value is -2.47. The number of rotatable bonds is 3. The van der Waals surface area contributed by atoms with Crippen LogP contribution in [-0.4, -0.2) is 15.9 Å². The Kier molecular flexibility index (Phi) is 3.49. The maximum Gasteiger partial charge on any atom is 0.274 e. The average molecular weight is 243 g/mol. The molecule has 6 nitrogen and oxygen atoms in total. The zero-order valence-corrected chi connectivity index (χ0v) is 9.84. The minimum absolute atomic E-state index is 0.283. The van der Waals surface area contributed by atoms with Gasteiger partial charge in [-0.05, 0) is 30.7 Å². The lowest BCUT2D eigenvalue weighted by atomic mass is 10.2. The largest absolute Gasteiger partial charge is 0.323 e. The number of hydrazine groups is 1. The van der Waals surface area contributed by atoms with Crippen LogP contribution >= 0.6 is 0 Å². The topological polar surface area (TPSA) is 92.9 Å². The van der Waals surface area contributed by atoms with Gasteiger partial charge in [0.15, 0.2) is 0 Å². The van der Waals surface area contributed by atoms with Gasteiger partial charge in [0.25, 0.3) is 5.91 Å². The highest BCUT2D eigenvalue weighted by atomic mass is 16.1. The molecule has 0 saturated carbocycles. The molecule has 2 heterocycles. The van der Waals surface area contributed by atoms with E-state index in [1.54, 1.807) is 24.5 Å². The van der Waals surface area contributed by atoms with Crippen molar-refractivity contribution in [3.05, 3.63) is 48.0 Å². The van der Waals surface area contributed by atoms with Crippen LogP contribution in [0.4, 0.5) is 11.4 Å². The quantitative estimate of drug-likeness (QED) is 0.558. The molecule has 6 heteroatoms. The molecule has 0 aliphatic carbocycles. The van der Waals surface area contributed by atoms with Crippen molar-refractivity contribution < 1.29 is 4.79 Å². The van der Waals surface area contributed by atoms with Crippen molar-refractivity contribution in [3.8, 4) is 0 Å². The maximum absolute atomic E-state index is 11.9. The zero-order chi connectivity index (χ0) is 13.0. The number of pyridine rings is 2. The number of carbonyl (C=O) groups is 1. The number of hydrogen-bond acceptors (Lipinski definition) is 5. The molecule has 0 unspecified atom stereocenters. The Balaban J connectivity index is 2.14. The van der Waals surface area contributed by atoms with Crippen LogP contribution in [0.25, 0.3) is 0 Å².